The number of esters is 1. The zero-order chi connectivity index (χ0) is 28.0. The molecule has 1 amide bonds. The van der Waals surface area contributed by atoms with Crippen molar-refractivity contribution in [3.63, 3.8) is 0 Å². The molecule has 0 unspecified atom stereocenters. The van der Waals surface area contributed by atoms with Crippen LogP contribution in [0.4, 0.5) is 5.69 Å². The molecule has 3 aromatic rings. The number of benzene rings is 2. The van der Waals surface area contributed by atoms with Crippen molar-refractivity contribution in [3.05, 3.63) is 83.0 Å². The first-order chi connectivity index (χ1) is 18.7. The standard InChI is InChI=1S/C28H26BrN3O6S/c1-6-37-20-12-15(8-11-19(20)36-5)23-21(27(35)38-7-2)14(3)30-28-32(23)26(34)24(39-28)22-17-13-16(29)9-10-18(17)31(4)25(22)33/h8-13,23H,6-7H2,1-5H3/b24-22-/t23-/m1/s1. The molecule has 2 aliphatic heterocycles. The molecule has 0 saturated heterocycles. The fourth-order valence-corrected chi connectivity index (χ4v) is 6.40. The first-order valence-electron chi connectivity index (χ1n) is 12.3. The summed E-state index contributed by atoms with van der Waals surface area (Å²) in [5.74, 6) is 0.151. The number of halogens is 1. The zero-order valence-corrected chi connectivity index (χ0v) is 24.4. The van der Waals surface area contributed by atoms with Crippen LogP contribution in [0.5, 0.6) is 11.5 Å². The van der Waals surface area contributed by atoms with E-state index in [1.807, 2.05) is 25.1 Å². The summed E-state index contributed by atoms with van der Waals surface area (Å²) in [6.07, 6.45) is 0. The molecular formula is C28H26BrN3O6S. The molecule has 0 saturated carbocycles. The monoisotopic (exact) mass is 611 g/mol. The van der Waals surface area contributed by atoms with Crippen molar-refractivity contribution in [2.24, 2.45) is 4.99 Å². The van der Waals surface area contributed by atoms with Gasteiger partial charge in [0.15, 0.2) is 16.3 Å². The van der Waals surface area contributed by atoms with Crippen molar-refractivity contribution >= 4 is 50.4 Å². The first-order valence-corrected chi connectivity index (χ1v) is 13.9. The van der Waals surface area contributed by atoms with Crippen molar-refractivity contribution in [2.75, 3.05) is 32.3 Å². The van der Waals surface area contributed by atoms with E-state index in [0.29, 0.717) is 51.0 Å². The van der Waals surface area contributed by atoms with Gasteiger partial charge in [-0.15, -0.1) is 0 Å². The normalized spacial score (nSPS) is 17.5. The molecule has 0 spiro atoms. The minimum Gasteiger partial charge on any atom is -0.493 e. The molecule has 0 bridgehead atoms. The van der Waals surface area contributed by atoms with Gasteiger partial charge in [0, 0.05) is 17.1 Å². The van der Waals surface area contributed by atoms with Gasteiger partial charge < -0.3 is 19.1 Å². The second kappa shape index (κ2) is 10.5. The number of likely N-dealkylation sites (N-methyl/N-ethyl adjacent to an activating group) is 1. The number of anilines is 1. The van der Waals surface area contributed by atoms with Crippen LogP contribution in [0.25, 0.3) is 5.57 Å². The Morgan fingerprint density at radius 2 is 1.87 bits per heavy atom. The van der Waals surface area contributed by atoms with E-state index in [1.165, 1.54) is 9.47 Å². The van der Waals surface area contributed by atoms with E-state index in [1.54, 1.807) is 46.2 Å². The zero-order valence-electron chi connectivity index (χ0n) is 22.0. The fourth-order valence-electron chi connectivity index (χ4n) is 4.90. The van der Waals surface area contributed by atoms with Crippen LogP contribution in [0, 0.1) is 0 Å². The number of hydrogen-bond acceptors (Lipinski definition) is 8. The summed E-state index contributed by atoms with van der Waals surface area (Å²) in [6, 6.07) is 9.94. The number of ether oxygens (including phenoxy) is 3. The van der Waals surface area contributed by atoms with Crippen LogP contribution in [-0.4, -0.2) is 43.8 Å². The third-order valence-electron chi connectivity index (χ3n) is 6.63. The molecule has 1 aromatic heterocycles. The van der Waals surface area contributed by atoms with Crippen LogP contribution in [-0.2, 0) is 14.3 Å². The highest BCUT2D eigenvalue weighted by atomic mass is 79.9. The Morgan fingerprint density at radius 3 is 2.56 bits per heavy atom. The smallest absolute Gasteiger partial charge is 0.338 e. The second-order valence-corrected chi connectivity index (χ2v) is 10.8. The maximum absolute atomic E-state index is 14.2. The molecule has 39 heavy (non-hydrogen) atoms. The maximum atomic E-state index is 14.2. The molecule has 1 atom stereocenters. The van der Waals surface area contributed by atoms with Crippen LogP contribution in [0.3, 0.4) is 0 Å². The Balaban J connectivity index is 1.83. The van der Waals surface area contributed by atoms with Crippen LogP contribution in [0.2, 0.25) is 0 Å². The molecule has 0 radical (unpaired) electrons. The maximum Gasteiger partial charge on any atom is 0.338 e. The Hall–Kier alpha value is -3.70. The number of carbonyl (C=O) groups is 2. The van der Waals surface area contributed by atoms with Gasteiger partial charge in [0.1, 0.15) is 4.53 Å². The van der Waals surface area contributed by atoms with Gasteiger partial charge >= 0.3 is 5.97 Å². The van der Waals surface area contributed by atoms with Crippen LogP contribution < -0.4 is 29.3 Å². The average molecular weight is 613 g/mol. The van der Waals surface area contributed by atoms with Gasteiger partial charge in [-0.3, -0.25) is 14.2 Å². The number of fused-ring (bicyclic) bond motifs is 2. The van der Waals surface area contributed by atoms with Crippen molar-refractivity contribution in [1.82, 2.24) is 4.57 Å². The summed E-state index contributed by atoms with van der Waals surface area (Å²) < 4.78 is 19.1. The molecule has 9 nitrogen and oxygen atoms in total. The highest BCUT2D eigenvalue weighted by Gasteiger charge is 2.36. The quantitative estimate of drug-likeness (QED) is 0.397. The minimum atomic E-state index is -0.851. The highest BCUT2D eigenvalue weighted by molar-refractivity contribution is 9.10. The number of rotatable bonds is 6. The van der Waals surface area contributed by atoms with Crippen molar-refractivity contribution in [1.29, 1.82) is 0 Å². The molecule has 2 aromatic carbocycles. The SMILES string of the molecule is CCOC(=O)C1=C(C)N=c2s/c(=C3\C(=O)N(C)c4ccc(Br)cc43)c(=O)n2[C@@H]1c1ccc(OC)c(OCC)c1. The fraction of sp³-hybridized carbons (Fsp3) is 0.286. The van der Waals surface area contributed by atoms with Crippen molar-refractivity contribution < 1.29 is 23.8 Å². The number of aromatic nitrogens is 1. The number of amides is 1. The Labute approximate surface area is 236 Å². The summed E-state index contributed by atoms with van der Waals surface area (Å²) in [6.45, 7) is 5.86. The predicted octanol–water partition coefficient (Wildman–Crippen LogP) is 3.31. The van der Waals surface area contributed by atoms with Gasteiger partial charge in [-0.2, -0.15) is 0 Å². The van der Waals surface area contributed by atoms with Crippen molar-refractivity contribution in [3.8, 4) is 11.5 Å². The lowest BCUT2D eigenvalue weighted by Gasteiger charge is -2.25. The van der Waals surface area contributed by atoms with E-state index in [-0.39, 0.29) is 22.6 Å². The summed E-state index contributed by atoms with van der Waals surface area (Å²) in [5, 5.41) is 0. The van der Waals surface area contributed by atoms with E-state index in [4.69, 9.17) is 14.2 Å². The lowest BCUT2D eigenvalue weighted by atomic mass is 9.95. The van der Waals surface area contributed by atoms with E-state index >= 15 is 0 Å². The number of methoxy groups -OCH3 is 1. The summed E-state index contributed by atoms with van der Waals surface area (Å²) in [4.78, 5) is 47.3. The van der Waals surface area contributed by atoms with E-state index < -0.39 is 17.6 Å². The van der Waals surface area contributed by atoms with Gasteiger partial charge in [-0.25, -0.2) is 9.79 Å². The first kappa shape index (κ1) is 26.9. The number of carbonyl (C=O) groups excluding carboxylic acids is 2. The third kappa shape index (κ3) is 4.39. The third-order valence-corrected chi connectivity index (χ3v) is 8.18. The lowest BCUT2D eigenvalue weighted by Crippen LogP contribution is -2.40. The number of thiazole rings is 1. The largest absolute Gasteiger partial charge is 0.493 e. The molecule has 202 valence electrons. The van der Waals surface area contributed by atoms with Crippen LogP contribution in [0.1, 0.15) is 37.9 Å². The molecule has 5 rings (SSSR count). The molecule has 0 fully saturated rings. The predicted molar refractivity (Wildman–Crippen MR) is 151 cm³/mol. The van der Waals surface area contributed by atoms with Gasteiger partial charge in [-0.05, 0) is 56.7 Å². The number of allylic oxidation sites excluding steroid dienone is 1. The van der Waals surface area contributed by atoms with Crippen LogP contribution in [0.15, 0.2) is 61.9 Å². The summed E-state index contributed by atoms with van der Waals surface area (Å²) >= 11 is 4.60. The van der Waals surface area contributed by atoms with Crippen molar-refractivity contribution in [2.45, 2.75) is 26.8 Å². The van der Waals surface area contributed by atoms with E-state index in [9.17, 15) is 14.4 Å². The topological polar surface area (TPSA) is 99.4 Å². The minimum absolute atomic E-state index is 0.163. The summed E-state index contributed by atoms with van der Waals surface area (Å²) in [7, 11) is 3.22. The van der Waals surface area contributed by atoms with Gasteiger partial charge in [0.25, 0.3) is 11.5 Å². The highest BCUT2D eigenvalue weighted by Crippen LogP contribution is 2.38. The molecule has 2 aliphatic rings. The Morgan fingerprint density at radius 1 is 1.10 bits per heavy atom. The number of hydrogen-bond donors (Lipinski definition) is 0. The van der Waals surface area contributed by atoms with Gasteiger partial charge in [-0.1, -0.05) is 33.3 Å². The molecular weight excluding hydrogens is 586 g/mol. The Bertz CT molecular complexity index is 1740. The molecule has 11 heteroatoms. The van der Waals surface area contributed by atoms with Gasteiger partial charge in [0.05, 0.1) is 48.9 Å². The van der Waals surface area contributed by atoms with E-state index in [2.05, 4.69) is 20.9 Å². The molecule has 3 heterocycles. The van der Waals surface area contributed by atoms with Gasteiger partial charge in [0.2, 0.25) is 0 Å². The molecule has 0 aliphatic carbocycles. The Kier molecular flexibility index (Phi) is 7.21. The summed E-state index contributed by atoms with van der Waals surface area (Å²) in [5.41, 5.74) is 2.54. The van der Waals surface area contributed by atoms with E-state index in [0.717, 1.165) is 15.8 Å². The average Bonchev–Trinajstić information content (AvgIpc) is 3.35. The second-order valence-electron chi connectivity index (χ2n) is 8.87. The lowest BCUT2D eigenvalue weighted by molar-refractivity contribution is -0.139. The molecule has 0 N–H and O–H groups in total. The number of nitrogens with zero attached hydrogens (tertiary/aromatic N) is 3. The van der Waals surface area contributed by atoms with Crippen LogP contribution >= 0.6 is 27.3 Å².